The van der Waals surface area contributed by atoms with Crippen molar-refractivity contribution >= 4 is 11.2 Å². The average molecular weight is 308 g/mol. The van der Waals surface area contributed by atoms with E-state index >= 15 is 0 Å². The minimum absolute atomic E-state index is 0.130. The van der Waals surface area contributed by atoms with Gasteiger partial charge in [0.25, 0.3) is 5.56 Å². The summed E-state index contributed by atoms with van der Waals surface area (Å²) >= 11 is 0. The van der Waals surface area contributed by atoms with E-state index in [2.05, 4.69) is 27.1 Å². The highest BCUT2D eigenvalue weighted by Crippen LogP contribution is 2.32. The topological polar surface area (TPSA) is 72.8 Å². The molecule has 0 spiro atoms. The summed E-state index contributed by atoms with van der Waals surface area (Å²) in [6.07, 6.45) is 7.28. The SMILES string of the molecule is O=c1[nH]cnc2c1ncn2[C@H]1C=C[C@H]1COCc1ccccc1. The summed E-state index contributed by atoms with van der Waals surface area (Å²) in [5.74, 6) is 0.261. The second-order valence-electron chi connectivity index (χ2n) is 5.60. The van der Waals surface area contributed by atoms with Gasteiger partial charge in [-0.2, -0.15) is 0 Å². The molecule has 116 valence electrons. The van der Waals surface area contributed by atoms with Gasteiger partial charge in [0.05, 0.1) is 31.9 Å². The molecular formula is C17H16N4O2. The van der Waals surface area contributed by atoms with Crippen molar-refractivity contribution in [3.8, 4) is 0 Å². The molecule has 2 atom stereocenters. The predicted molar refractivity (Wildman–Crippen MR) is 85.9 cm³/mol. The van der Waals surface area contributed by atoms with Crippen LogP contribution in [0.4, 0.5) is 0 Å². The number of imidazole rings is 1. The second kappa shape index (κ2) is 5.81. The Balaban J connectivity index is 1.45. The Morgan fingerprint density at radius 3 is 2.83 bits per heavy atom. The lowest BCUT2D eigenvalue weighted by Crippen LogP contribution is -2.26. The van der Waals surface area contributed by atoms with Crippen LogP contribution in [-0.2, 0) is 11.3 Å². The fraction of sp³-hybridized carbons (Fsp3) is 0.235. The van der Waals surface area contributed by atoms with Crippen LogP contribution in [0.25, 0.3) is 11.2 Å². The molecule has 1 aliphatic carbocycles. The first-order valence-electron chi connectivity index (χ1n) is 7.53. The van der Waals surface area contributed by atoms with Crippen LogP contribution >= 0.6 is 0 Å². The van der Waals surface area contributed by atoms with Gasteiger partial charge in [-0.1, -0.05) is 42.5 Å². The molecule has 1 aliphatic rings. The molecule has 0 saturated heterocycles. The predicted octanol–water partition coefficient (Wildman–Crippen LogP) is 2.06. The molecule has 0 aliphatic heterocycles. The number of aromatic amines is 1. The van der Waals surface area contributed by atoms with Crippen LogP contribution in [0, 0.1) is 5.92 Å². The van der Waals surface area contributed by atoms with Gasteiger partial charge in [-0.25, -0.2) is 9.97 Å². The summed E-state index contributed by atoms with van der Waals surface area (Å²) in [7, 11) is 0. The van der Waals surface area contributed by atoms with Crippen LogP contribution in [0.2, 0.25) is 0 Å². The molecule has 2 heterocycles. The number of hydrogen-bond acceptors (Lipinski definition) is 4. The number of rotatable bonds is 5. The lowest BCUT2D eigenvalue weighted by Gasteiger charge is -2.30. The van der Waals surface area contributed by atoms with Crippen LogP contribution in [0.1, 0.15) is 11.6 Å². The molecule has 0 radical (unpaired) electrons. The number of fused-ring (bicyclic) bond motifs is 1. The molecule has 1 N–H and O–H groups in total. The van der Waals surface area contributed by atoms with Crippen molar-refractivity contribution < 1.29 is 4.74 Å². The smallest absolute Gasteiger partial charge is 0.278 e. The third-order valence-electron chi connectivity index (χ3n) is 4.10. The molecule has 0 fully saturated rings. The van der Waals surface area contributed by atoms with E-state index in [1.807, 2.05) is 34.9 Å². The second-order valence-corrected chi connectivity index (χ2v) is 5.60. The number of benzene rings is 1. The van der Waals surface area contributed by atoms with Crippen molar-refractivity contribution in [2.24, 2.45) is 5.92 Å². The van der Waals surface area contributed by atoms with Gasteiger partial charge in [-0.3, -0.25) is 4.79 Å². The standard InChI is InChI=1S/C17H16N4O2/c22-17-15-16(18-10-19-17)21(11-20-15)14-7-6-13(14)9-23-8-12-4-2-1-3-5-12/h1-7,10-11,13-14H,8-9H2,(H,18,19,22)/t13-,14-/m0/s1. The number of H-pyrrole nitrogens is 1. The number of nitrogens with one attached hydrogen (secondary N) is 1. The van der Waals surface area contributed by atoms with E-state index in [4.69, 9.17) is 4.74 Å². The van der Waals surface area contributed by atoms with Crippen molar-refractivity contribution in [2.45, 2.75) is 12.6 Å². The average Bonchev–Trinajstić information content (AvgIpc) is 2.97. The van der Waals surface area contributed by atoms with E-state index in [-0.39, 0.29) is 17.5 Å². The number of hydrogen-bond donors (Lipinski definition) is 1. The van der Waals surface area contributed by atoms with E-state index in [9.17, 15) is 4.79 Å². The van der Waals surface area contributed by atoms with Gasteiger partial charge in [0.1, 0.15) is 0 Å². The zero-order valence-corrected chi connectivity index (χ0v) is 12.4. The maximum Gasteiger partial charge on any atom is 0.278 e. The summed E-state index contributed by atoms with van der Waals surface area (Å²) in [5, 5.41) is 0. The highest BCUT2D eigenvalue weighted by atomic mass is 16.5. The van der Waals surface area contributed by atoms with Gasteiger partial charge >= 0.3 is 0 Å². The lowest BCUT2D eigenvalue weighted by atomic mass is 9.89. The molecule has 4 rings (SSSR count). The van der Waals surface area contributed by atoms with Gasteiger partial charge in [0.2, 0.25) is 0 Å². The van der Waals surface area contributed by atoms with E-state index in [1.54, 1.807) is 6.33 Å². The molecule has 6 nitrogen and oxygen atoms in total. The van der Waals surface area contributed by atoms with Crippen LogP contribution < -0.4 is 5.56 Å². The van der Waals surface area contributed by atoms with Gasteiger partial charge in [-0.05, 0) is 5.56 Å². The number of ether oxygens (including phenoxy) is 1. The van der Waals surface area contributed by atoms with Gasteiger partial charge < -0.3 is 14.3 Å². The third-order valence-corrected chi connectivity index (χ3v) is 4.10. The first-order valence-corrected chi connectivity index (χ1v) is 7.53. The van der Waals surface area contributed by atoms with Crippen LogP contribution in [-0.4, -0.2) is 26.1 Å². The fourth-order valence-corrected chi connectivity index (χ4v) is 2.79. The minimum Gasteiger partial charge on any atom is -0.376 e. The maximum absolute atomic E-state index is 11.7. The van der Waals surface area contributed by atoms with Crippen molar-refractivity contribution in [1.29, 1.82) is 0 Å². The van der Waals surface area contributed by atoms with Gasteiger partial charge in [0.15, 0.2) is 11.2 Å². The number of allylic oxidation sites excluding steroid dienone is 1. The van der Waals surface area contributed by atoms with Crippen LogP contribution in [0.3, 0.4) is 0 Å². The summed E-state index contributed by atoms with van der Waals surface area (Å²) < 4.78 is 7.75. The normalized spacial score (nSPS) is 19.8. The van der Waals surface area contributed by atoms with Gasteiger partial charge in [-0.15, -0.1) is 0 Å². The maximum atomic E-state index is 11.7. The minimum atomic E-state index is -0.214. The van der Waals surface area contributed by atoms with Gasteiger partial charge in [0, 0.05) is 5.92 Å². The Labute approximate surface area is 132 Å². The molecule has 0 saturated carbocycles. The molecule has 0 amide bonds. The summed E-state index contributed by atoms with van der Waals surface area (Å²) in [5.41, 5.74) is 1.93. The fourth-order valence-electron chi connectivity index (χ4n) is 2.79. The monoisotopic (exact) mass is 308 g/mol. The third kappa shape index (κ3) is 2.57. The number of nitrogens with zero attached hydrogens (tertiary/aromatic N) is 3. The van der Waals surface area contributed by atoms with E-state index in [1.165, 1.54) is 6.33 Å². The molecule has 0 unspecified atom stereocenters. The Morgan fingerprint density at radius 1 is 1.17 bits per heavy atom. The highest BCUT2D eigenvalue weighted by molar-refractivity contribution is 5.69. The molecule has 0 bridgehead atoms. The van der Waals surface area contributed by atoms with Crippen LogP contribution in [0.5, 0.6) is 0 Å². The quantitative estimate of drug-likeness (QED) is 0.732. The Kier molecular flexibility index (Phi) is 3.51. The Bertz CT molecular complexity index is 898. The van der Waals surface area contributed by atoms with Crippen molar-refractivity contribution in [3.63, 3.8) is 0 Å². The molecule has 6 heteroatoms. The molecular weight excluding hydrogens is 292 g/mol. The zero-order valence-electron chi connectivity index (χ0n) is 12.4. The molecule has 23 heavy (non-hydrogen) atoms. The van der Waals surface area contributed by atoms with Crippen molar-refractivity contribution in [1.82, 2.24) is 19.5 Å². The molecule has 1 aromatic carbocycles. The zero-order chi connectivity index (χ0) is 15.6. The van der Waals surface area contributed by atoms with E-state index in [0.717, 1.165) is 5.56 Å². The highest BCUT2D eigenvalue weighted by Gasteiger charge is 2.27. The van der Waals surface area contributed by atoms with E-state index < -0.39 is 0 Å². The summed E-state index contributed by atoms with van der Waals surface area (Å²) in [4.78, 5) is 22.7. The first kappa shape index (κ1) is 13.9. The summed E-state index contributed by atoms with van der Waals surface area (Å²) in [6.45, 7) is 1.22. The van der Waals surface area contributed by atoms with E-state index in [0.29, 0.717) is 24.4 Å². The van der Waals surface area contributed by atoms with Crippen LogP contribution in [0.15, 0.2) is 59.9 Å². The summed E-state index contributed by atoms with van der Waals surface area (Å²) in [6, 6.07) is 10.2. The number of aromatic nitrogens is 4. The lowest BCUT2D eigenvalue weighted by molar-refractivity contribution is 0.0837. The Hall–Kier alpha value is -2.73. The molecule has 2 aromatic heterocycles. The van der Waals surface area contributed by atoms with Crippen molar-refractivity contribution in [3.05, 3.63) is 71.1 Å². The first-order chi connectivity index (χ1) is 11.3. The largest absolute Gasteiger partial charge is 0.376 e. The molecule has 3 aromatic rings. The van der Waals surface area contributed by atoms with Crippen molar-refractivity contribution in [2.75, 3.05) is 6.61 Å². The Morgan fingerprint density at radius 2 is 2.04 bits per heavy atom.